The molecule has 4 heterocycles. The van der Waals surface area contributed by atoms with Crippen LogP contribution in [0.15, 0.2) is 16.6 Å². The zero-order valence-electron chi connectivity index (χ0n) is 17.4. The van der Waals surface area contributed by atoms with Crippen molar-refractivity contribution < 1.29 is 32.6 Å². The highest BCUT2D eigenvalue weighted by Gasteiger charge is 2.49. The van der Waals surface area contributed by atoms with Gasteiger partial charge in [-0.25, -0.2) is 14.8 Å². The number of nitrogens with two attached hydrogens (primary N) is 1. The molecule has 0 saturated carbocycles. The molecule has 2 aliphatic heterocycles. The number of carbonyl (C=O) groups excluding carboxylic acids is 1. The van der Waals surface area contributed by atoms with Crippen LogP contribution in [-0.4, -0.2) is 66.8 Å². The summed E-state index contributed by atoms with van der Waals surface area (Å²) in [5.41, 5.74) is 5.68. The molecule has 0 aromatic carbocycles. The molecular formula is C17H20F3N7O4S2. The van der Waals surface area contributed by atoms with Crippen molar-refractivity contribution in [2.24, 2.45) is 23.7 Å². The average molecular weight is 508 g/mol. The fourth-order valence-corrected chi connectivity index (χ4v) is 5.21. The zero-order valence-corrected chi connectivity index (χ0v) is 19.0. The minimum Gasteiger partial charge on any atom is -0.475 e. The molecule has 3 atom stereocenters. The number of hydrogen-bond donors (Lipinski definition) is 3. The Morgan fingerprint density at radius 2 is 2.12 bits per heavy atom. The van der Waals surface area contributed by atoms with E-state index in [0.29, 0.717) is 23.5 Å². The van der Waals surface area contributed by atoms with Gasteiger partial charge in [-0.2, -0.15) is 13.2 Å². The van der Waals surface area contributed by atoms with Crippen molar-refractivity contribution in [2.45, 2.75) is 31.2 Å². The number of rotatable bonds is 3. The number of nitrogens with zero attached hydrogens (tertiary/aromatic N) is 5. The third-order valence-electron chi connectivity index (χ3n) is 4.82. The van der Waals surface area contributed by atoms with Crippen molar-refractivity contribution in [3.05, 3.63) is 22.3 Å². The van der Waals surface area contributed by atoms with Crippen LogP contribution in [0.25, 0.3) is 0 Å². The van der Waals surface area contributed by atoms with E-state index in [1.54, 1.807) is 30.4 Å². The number of aliphatic carboxylic acids is 1. The third kappa shape index (κ3) is 5.80. The molecule has 1 fully saturated rings. The Balaban J connectivity index is 0.000000383. The third-order valence-corrected chi connectivity index (χ3v) is 6.78. The SMILES string of the molecule is C[C@H]1C[C@H]2CSC(N)=N[C@@]2(c2nc(NC(=O)c3cn(C)nn3)cs2)CO1.O=C(O)C(F)(F)F. The molecule has 1 amide bonds. The maximum atomic E-state index is 12.3. The maximum absolute atomic E-state index is 12.3. The number of thioether (sulfide) groups is 1. The second-order valence-electron chi connectivity index (χ2n) is 7.31. The van der Waals surface area contributed by atoms with Crippen LogP contribution >= 0.6 is 23.1 Å². The number of carbonyl (C=O) groups is 2. The number of aliphatic imine (C=N–C) groups is 1. The summed E-state index contributed by atoms with van der Waals surface area (Å²) in [6, 6.07) is 0. The van der Waals surface area contributed by atoms with Crippen LogP contribution in [0.1, 0.15) is 28.8 Å². The minimum atomic E-state index is -5.08. The summed E-state index contributed by atoms with van der Waals surface area (Å²) in [5.74, 6) is -1.44. The largest absolute Gasteiger partial charge is 0.490 e. The molecule has 2 aromatic heterocycles. The van der Waals surface area contributed by atoms with Crippen molar-refractivity contribution >= 4 is 46.0 Å². The molecule has 4 rings (SSSR count). The number of fused-ring (bicyclic) bond motifs is 1. The van der Waals surface area contributed by atoms with Gasteiger partial charge in [-0.15, -0.1) is 16.4 Å². The topological polar surface area (TPSA) is 158 Å². The molecule has 2 aliphatic rings. The van der Waals surface area contributed by atoms with Crippen molar-refractivity contribution in [2.75, 3.05) is 17.7 Å². The Morgan fingerprint density at radius 3 is 2.73 bits per heavy atom. The highest BCUT2D eigenvalue weighted by molar-refractivity contribution is 8.13. The summed E-state index contributed by atoms with van der Waals surface area (Å²) in [5, 5.41) is 20.6. The van der Waals surface area contributed by atoms with Gasteiger partial charge in [0, 0.05) is 24.1 Å². The summed E-state index contributed by atoms with van der Waals surface area (Å²) in [4.78, 5) is 30.5. The molecular weight excluding hydrogens is 487 g/mol. The van der Waals surface area contributed by atoms with E-state index < -0.39 is 17.7 Å². The predicted molar refractivity (Wildman–Crippen MR) is 114 cm³/mol. The van der Waals surface area contributed by atoms with Crippen LogP contribution in [-0.2, 0) is 22.1 Å². The van der Waals surface area contributed by atoms with Crippen molar-refractivity contribution in [3.63, 3.8) is 0 Å². The first-order valence-electron chi connectivity index (χ1n) is 9.44. The number of anilines is 1. The van der Waals surface area contributed by atoms with Gasteiger partial charge in [-0.1, -0.05) is 17.0 Å². The molecule has 0 spiro atoms. The second-order valence-corrected chi connectivity index (χ2v) is 9.21. The first-order valence-corrected chi connectivity index (χ1v) is 11.3. The van der Waals surface area contributed by atoms with Crippen molar-refractivity contribution in [1.82, 2.24) is 20.0 Å². The number of aryl methyl sites for hydroxylation is 1. The molecule has 33 heavy (non-hydrogen) atoms. The summed E-state index contributed by atoms with van der Waals surface area (Å²) in [6.45, 7) is 2.52. The van der Waals surface area contributed by atoms with Crippen molar-refractivity contribution in [3.8, 4) is 0 Å². The van der Waals surface area contributed by atoms with Gasteiger partial charge in [-0.3, -0.25) is 9.48 Å². The van der Waals surface area contributed by atoms with Crippen LogP contribution in [0.2, 0.25) is 0 Å². The van der Waals surface area contributed by atoms with E-state index >= 15 is 0 Å². The van der Waals surface area contributed by atoms with E-state index in [9.17, 15) is 18.0 Å². The van der Waals surface area contributed by atoms with Crippen LogP contribution < -0.4 is 11.1 Å². The number of thiazole rings is 1. The quantitative estimate of drug-likeness (QED) is 0.564. The molecule has 2 aromatic rings. The number of halogens is 3. The summed E-state index contributed by atoms with van der Waals surface area (Å²) in [6.07, 6.45) is -2.43. The fourth-order valence-electron chi connectivity index (χ4n) is 3.24. The molecule has 4 N–H and O–H groups in total. The number of hydrogen-bond acceptors (Lipinski definition) is 10. The lowest BCUT2D eigenvalue weighted by atomic mass is 9.80. The Morgan fingerprint density at radius 1 is 1.42 bits per heavy atom. The van der Waals surface area contributed by atoms with Gasteiger partial charge in [0.05, 0.1) is 18.9 Å². The van der Waals surface area contributed by atoms with Crippen LogP contribution in [0.3, 0.4) is 0 Å². The van der Waals surface area contributed by atoms with Crippen LogP contribution in [0.4, 0.5) is 19.0 Å². The number of ether oxygens (including phenoxy) is 1. The molecule has 0 bridgehead atoms. The Bertz CT molecular complexity index is 1060. The molecule has 11 nitrogen and oxygen atoms in total. The first kappa shape index (κ1) is 24.9. The highest BCUT2D eigenvalue weighted by Crippen LogP contribution is 2.47. The lowest BCUT2D eigenvalue weighted by Crippen LogP contribution is -2.49. The fraction of sp³-hybridized carbons (Fsp3) is 0.529. The molecule has 1 saturated heterocycles. The van der Waals surface area contributed by atoms with Gasteiger partial charge in [0.15, 0.2) is 10.9 Å². The van der Waals surface area contributed by atoms with E-state index in [4.69, 9.17) is 25.4 Å². The molecule has 180 valence electrons. The Labute approximate surface area is 193 Å². The zero-order chi connectivity index (χ0) is 24.4. The number of nitrogens with one attached hydrogen (secondary N) is 1. The normalized spacial score (nSPS) is 24.7. The highest BCUT2D eigenvalue weighted by atomic mass is 32.2. The van der Waals surface area contributed by atoms with Gasteiger partial charge in [-0.05, 0) is 13.3 Å². The standard InChI is InChI=1S/C15H19N7O2S2.C2HF3O2/c1-8-3-9-5-26-14(16)19-15(9,7-24-8)13-18-11(6-25-13)17-12(23)10-4-22(2)21-20-10;3-2(4,5)1(6)7/h4,6,8-9H,3,5,7H2,1-2H3,(H2,16,19)(H,17,23);(H,6,7)/t8-,9-,15-;/m0./s1. The summed E-state index contributed by atoms with van der Waals surface area (Å²) in [7, 11) is 1.71. The van der Waals surface area contributed by atoms with E-state index in [2.05, 4.69) is 27.5 Å². The molecule has 16 heteroatoms. The van der Waals surface area contributed by atoms with Gasteiger partial charge in [0.25, 0.3) is 5.91 Å². The van der Waals surface area contributed by atoms with Crippen LogP contribution in [0, 0.1) is 5.92 Å². The van der Waals surface area contributed by atoms with Gasteiger partial charge in [0.1, 0.15) is 16.4 Å². The summed E-state index contributed by atoms with van der Waals surface area (Å²) >= 11 is 3.04. The Kier molecular flexibility index (Phi) is 7.28. The van der Waals surface area contributed by atoms with Crippen LogP contribution in [0.5, 0.6) is 0 Å². The number of amides is 1. The van der Waals surface area contributed by atoms with E-state index in [-0.39, 0.29) is 17.7 Å². The predicted octanol–water partition coefficient (Wildman–Crippen LogP) is 1.84. The van der Waals surface area contributed by atoms with Gasteiger partial charge in [0.2, 0.25) is 0 Å². The number of carboxylic acids is 1. The molecule has 0 aliphatic carbocycles. The van der Waals surface area contributed by atoms with Gasteiger partial charge < -0.3 is 20.9 Å². The van der Waals surface area contributed by atoms with Gasteiger partial charge >= 0.3 is 12.1 Å². The Hall–Kier alpha value is -2.72. The number of aromatic nitrogens is 4. The minimum absolute atomic E-state index is 0.194. The van der Waals surface area contributed by atoms with E-state index in [1.165, 1.54) is 16.0 Å². The van der Waals surface area contributed by atoms with E-state index in [1.807, 2.05) is 0 Å². The lowest BCUT2D eigenvalue weighted by Gasteiger charge is -2.44. The first-order chi connectivity index (χ1) is 15.4. The monoisotopic (exact) mass is 507 g/mol. The maximum Gasteiger partial charge on any atom is 0.490 e. The molecule has 0 radical (unpaired) electrons. The number of amidine groups is 1. The number of alkyl halides is 3. The number of carboxylic acid groups (broad SMARTS) is 1. The summed E-state index contributed by atoms with van der Waals surface area (Å²) < 4.78 is 39.1. The second kappa shape index (κ2) is 9.64. The smallest absolute Gasteiger partial charge is 0.475 e. The van der Waals surface area contributed by atoms with Crippen molar-refractivity contribution in [1.29, 1.82) is 0 Å². The average Bonchev–Trinajstić information content (AvgIpc) is 3.37. The van der Waals surface area contributed by atoms with E-state index in [0.717, 1.165) is 17.2 Å². The lowest BCUT2D eigenvalue weighted by molar-refractivity contribution is -0.192. The molecule has 0 unspecified atom stereocenters.